The molecule has 1 aliphatic heterocycles. The molecule has 1 N–H and O–H groups in total. The first-order valence-corrected chi connectivity index (χ1v) is 11.0. The minimum absolute atomic E-state index is 0.123. The zero-order chi connectivity index (χ0) is 22.2. The molecule has 3 aromatic carbocycles. The van der Waals surface area contributed by atoms with Gasteiger partial charge in [0.15, 0.2) is 0 Å². The second kappa shape index (κ2) is 7.84. The molecule has 0 saturated carbocycles. The average Bonchev–Trinajstić information content (AvgIpc) is 3.10. The van der Waals surface area contributed by atoms with Crippen LogP contribution in [0.15, 0.2) is 77.7 Å². The summed E-state index contributed by atoms with van der Waals surface area (Å²) >= 11 is 0. The molecule has 1 heterocycles. The van der Waals surface area contributed by atoms with Crippen LogP contribution >= 0.6 is 0 Å². The van der Waals surface area contributed by atoms with E-state index >= 15 is 0 Å². The highest BCUT2D eigenvalue weighted by molar-refractivity contribution is 7.92. The SMILES string of the molecule is C[C@H]1Cc2cc(C(=O)Nc3cccc([N+](=O)[O-])c3)ccc2N1S(=O)(=O)c1ccccc1. The molecule has 1 atom stereocenters. The third-order valence-corrected chi connectivity index (χ3v) is 7.05. The van der Waals surface area contributed by atoms with E-state index < -0.39 is 20.9 Å². The topological polar surface area (TPSA) is 110 Å². The third kappa shape index (κ3) is 3.87. The van der Waals surface area contributed by atoms with Gasteiger partial charge in [0.25, 0.3) is 21.6 Å². The lowest BCUT2D eigenvalue weighted by molar-refractivity contribution is -0.384. The number of carbonyl (C=O) groups excluding carboxylic acids is 1. The summed E-state index contributed by atoms with van der Waals surface area (Å²) in [6.45, 7) is 1.82. The number of nitrogens with zero attached hydrogens (tertiary/aromatic N) is 2. The van der Waals surface area contributed by atoms with E-state index in [1.165, 1.54) is 22.5 Å². The predicted molar refractivity (Wildman–Crippen MR) is 117 cm³/mol. The van der Waals surface area contributed by atoms with Gasteiger partial charge in [0, 0.05) is 29.4 Å². The smallest absolute Gasteiger partial charge is 0.271 e. The number of benzene rings is 3. The summed E-state index contributed by atoms with van der Waals surface area (Å²) in [4.78, 5) is 23.3. The Kier molecular flexibility index (Phi) is 5.20. The standard InChI is InChI=1S/C22H19N3O5S/c1-15-12-17-13-16(22(26)23-18-6-5-7-19(14-18)25(27)28)10-11-21(17)24(15)31(29,30)20-8-3-2-4-9-20/h2-11,13-15H,12H2,1H3,(H,23,26)/t15-/m0/s1. The van der Waals surface area contributed by atoms with Gasteiger partial charge in [-0.3, -0.25) is 19.2 Å². The van der Waals surface area contributed by atoms with Crippen LogP contribution in [0, 0.1) is 10.1 Å². The quantitative estimate of drug-likeness (QED) is 0.479. The lowest BCUT2D eigenvalue weighted by atomic mass is 10.1. The van der Waals surface area contributed by atoms with Gasteiger partial charge in [0.2, 0.25) is 0 Å². The van der Waals surface area contributed by atoms with Crippen LogP contribution < -0.4 is 9.62 Å². The molecule has 0 bridgehead atoms. The Labute approximate surface area is 179 Å². The van der Waals surface area contributed by atoms with Crippen molar-refractivity contribution in [1.29, 1.82) is 0 Å². The van der Waals surface area contributed by atoms with Crippen molar-refractivity contribution in [2.75, 3.05) is 9.62 Å². The maximum Gasteiger partial charge on any atom is 0.271 e. The van der Waals surface area contributed by atoms with E-state index in [1.807, 2.05) is 6.92 Å². The summed E-state index contributed by atoms with van der Waals surface area (Å²) < 4.78 is 27.7. The summed E-state index contributed by atoms with van der Waals surface area (Å²) in [6, 6.07) is 18.4. The van der Waals surface area contributed by atoms with Gasteiger partial charge in [0.05, 0.1) is 15.5 Å². The first-order chi connectivity index (χ1) is 14.8. The molecule has 31 heavy (non-hydrogen) atoms. The molecule has 0 radical (unpaired) electrons. The van der Waals surface area contributed by atoms with E-state index in [0.717, 1.165) is 5.56 Å². The van der Waals surface area contributed by atoms with Crippen LogP contribution in [0.1, 0.15) is 22.8 Å². The number of rotatable bonds is 5. The minimum Gasteiger partial charge on any atom is -0.322 e. The number of carbonyl (C=O) groups is 1. The maximum absolute atomic E-state index is 13.1. The number of amides is 1. The Morgan fingerprint density at radius 1 is 1.06 bits per heavy atom. The molecule has 0 aromatic heterocycles. The van der Waals surface area contributed by atoms with Crippen molar-refractivity contribution in [2.45, 2.75) is 24.3 Å². The van der Waals surface area contributed by atoms with Gasteiger partial charge in [-0.1, -0.05) is 24.3 Å². The fraction of sp³-hybridized carbons (Fsp3) is 0.136. The summed E-state index contributed by atoms with van der Waals surface area (Å²) in [6.07, 6.45) is 0.472. The van der Waals surface area contributed by atoms with Crippen LogP contribution in [0.25, 0.3) is 0 Å². The molecule has 0 fully saturated rings. The Balaban J connectivity index is 1.61. The zero-order valence-corrected chi connectivity index (χ0v) is 17.4. The molecule has 1 aliphatic rings. The van der Waals surface area contributed by atoms with Gasteiger partial charge in [-0.2, -0.15) is 0 Å². The number of hydrogen-bond donors (Lipinski definition) is 1. The van der Waals surface area contributed by atoms with E-state index in [-0.39, 0.29) is 16.6 Å². The molecule has 0 aliphatic carbocycles. The third-order valence-electron chi connectivity index (χ3n) is 5.11. The zero-order valence-electron chi connectivity index (χ0n) is 16.6. The number of sulfonamides is 1. The van der Waals surface area contributed by atoms with Crippen LogP contribution in [-0.4, -0.2) is 25.3 Å². The van der Waals surface area contributed by atoms with Crippen molar-refractivity contribution in [2.24, 2.45) is 0 Å². The highest BCUT2D eigenvalue weighted by Gasteiger charge is 2.36. The number of nitro groups is 1. The second-order valence-corrected chi connectivity index (χ2v) is 9.09. The highest BCUT2D eigenvalue weighted by atomic mass is 32.2. The molecule has 9 heteroatoms. The normalized spacial score (nSPS) is 15.4. The maximum atomic E-state index is 13.1. The molecule has 0 saturated heterocycles. The fourth-order valence-electron chi connectivity index (χ4n) is 3.72. The molecule has 1 amide bonds. The van der Waals surface area contributed by atoms with Crippen LogP contribution in [0.3, 0.4) is 0 Å². The van der Waals surface area contributed by atoms with E-state index in [1.54, 1.807) is 54.6 Å². The molecule has 8 nitrogen and oxygen atoms in total. The average molecular weight is 437 g/mol. The molecule has 0 unspecified atom stereocenters. The first-order valence-electron chi connectivity index (χ1n) is 9.55. The number of nitro benzene ring substituents is 1. The van der Waals surface area contributed by atoms with Crippen LogP contribution in [0.4, 0.5) is 17.1 Å². The van der Waals surface area contributed by atoms with E-state index in [2.05, 4.69) is 5.32 Å². The Morgan fingerprint density at radius 3 is 2.52 bits per heavy atom. The molecule has 0 spiro atoms. The molecule has 4 rings (SSSR count). The number of non-ortho nitro benzene ring substituents is 1. The second-order valence-electron chi connectivity index (χ2n) is 7.27. The number of anilines is 2. The van der Waals surface area contributed by atoms with Crippen molar-refractivity contribution < 1.29 is 18.1 Å². The van der Waals surface area contributed by atoms with Gasteiger partial charge in [-0.15, -0.1) is 0 Å². The first kappa shape index (κ1) is 20.5. The van der Waals surface area contributed by atoms with E-state index in [9.17, 15) is 23.3 Å². The Morgan fingerprint density at radius 2 is 1.81 bits per heavy atom. The van der Waals surface area contributed by atoms with E-state index in [4.69, 9.17) is 0 Å². The fourth-order valence-corrected chi connectivity index (χ4v) is 5.43. The molecular weight excluding hydrogens is 418 g/mol. The monoisotopic (exact) mass is 437 g/mol. The molecule has 158 valence electrons. The largest absolute Gasteiger partial charge is 0.322 e. The number of nitrogens with one attached hydrogen (secondary N) is 1. The minimum atomic E-state index is -3.73. The number of hydrogen-bond acceptors (Lipinski definition) is 5. The van der Waals surface area contributed by atoms with Gasteiger partial charge in [-0.25, -0.2) is 8.42 Å². The summed E-state index contributed by atoms with van der Waals surface area (Å²) in [5, 5.41) is 13.6. The number of fused-ring (bicyclic) bond motifs is 1. The predicted octanol–water partition coefficient (Wildman–Crippen LogP) is 3.99. The van der Waals surface area contributed by atoms with Crippen LogP contribution in [0.5, 0.6) is 0 Å². The van der Waals surface area contributed by atoms with E-state index in [0.29, 0.717) is 23.4 Å². The van der Waals surface area contributed by atoms with Crippen LogP contribution in [-0.2, 0) is 16.4 Å². The van der Waals surface area contributed by atoms with Crippen molar-refractivity contribution in [3.8, 4) is 0 Å². The lowest BCUT2D eigenvalue weighted by Gasteiger charge is -2.24. The van der Waals surface area contributed by atoms with Crippen molar-refractivity contribution in [3.63, 3.8) is 0 Å². The molecule has 3 aromatic rings. The van der Waals surface area contributed by atoms with Gasteiger partial charge < -0.3 is 5.32 Å². The van der Waals surface area contributed by atoms with Gasteiger partial charge >= 0.3 is 0 Å². The van der Waals surface area contributed by atoms with Crippen molar-refractivity contribution in [1.82, 2.24) is 0 Å². The summed E-state index contributed by atoms with van der Waals surface area (Å²) in [5.41, 5.74) is 1.82. The highest BCUT2D eigenvalue weighted by Crippen LogP contribution is 2.37. The molecular formula is C22H19N3O5S. The summed E-state index contributed by atoms with van der Waals surface area (Å²) in [7, 11) is -3.73. The lowest BCUT2D eigenvalue weighted by Crippen LogP contribution is -2.35. The Bertz CT molecular complexity index is 1280. The van der Waals surface area contributed by atoms with Crippen molar-refractivity contribution in [3.05, 3.63) is 94.0 Å². The Hall–Kier alpha value is -3.72. The van der Waals surface area contributed by atoms with Crippen LogP contribution in [0.2, 0.25) is 0 Å². The van der Waals surface area contributed by atoms with Crippen molar-refractivity contribution >= 4 is 33.0 Å². The van der Waals surface area contributed by atoms with Gasteiger partial charge in [-0.05, 0) is 55.3 Å². The van der Waals surface area contributed by atoms with Gasteiger partial charge in [0.1, 0.15) is 0 Å². The summed E-state index contributed by atoms with van der Waals surface area (Å²) in [5.74, 6) is -0.430.